The van der Waals surface area contributed by atoms with Crippen LogP contribution in [0, 0.1) is 0 Å². The summed E-state index contributed by atoms with van der Waals surface area (Å²) in [5, 5.41) is 10.6. The van der Waals surface area contributed by atoms with Crippen molar-refractivity contribution >= 4 is 32.9 Å². The molecular weight excluding hydrogens is 324 g/mol. The second-order valence-corrected chi connectivity index (χ2v) is 5.99. The number of carbonyl (C=O) groups is 1. The van der Waals surface area contributed by atoms with E-state index in [-0.39, 0.29) is 0 Å². The molecule has 1 saturated carbocycles. The maximum absolute atomic E-state index is 11.9. The Bertz CT molecular complexity index is 668. The molecule has 3 rings (SSSR count). The fourth-order valence-corrected chi connectivity index (χ4v) is 3.96. The van der Waals surface area contributed by atoms with Crippen LogP contribution in [0.5, 0.6) is 5.75 Å². The fraction of sp³-hybridized carbons (Fsp3) is 0.400. The molecule has 0 atom stereocenters. The van der Waals surface area contributed by atoms with Crippen LogP contribution < -0.4 is 4.74 Å². The summed E-state index contributed by atoms with van der Waals surface area (Å²) in [5.41, 5.74) is 0.604. The highest BCUT2D eigenvalue weighted by molar-refractivity contribution is 9.10. The Balaban J connectivity index is 2.30. The maximum atomic E-state index is 11.9. The van der Waals surface area contributed by atoms with Gasteiger partial charge in [0.15, 0.2) is 11.3 Å². The van der Waals surface area contributed by atoms with Gasteiger partial charge in [-0.3, -0.25) is 4.79 Å². The van der Waals surface area contributed by atoms with Crippen molar-refractivity contribution < 1.29 is 19.1 Å². The molecule has 0 saturated heterocycles. The molecule has 1 aliphatic rings. The number of carboxylic acids is 1. The van der Waals surface area contributed by atoms with Crippen molar-refractivity contribution in [1.29, 1.82) is 0 Å². The summed E-state index contributed by atoms with van der Waals surface area (Å²) in [5.74, 6) is -0.184. The summed E-state index contributed by atoms with van der Waals surface area (Å²) < 4.78 is 11.6. The van der Waals surface area contributed by atoms with Crippen LogP contribution in [0.4, 0.5) is 0 Å². The molecule has 4 nitrogen and oxygen atoms in total. The van der Waals surface area contributed by atoms with E-state index in [0.717, 1.165) is 28.3 Å². The highest BCUT2D eigenvalue weighted by atomic mass is 79.9. The molecule has 1 fully saturated rings. The van der Waals surface area contributed by atoms with E-state index in [1.54, 1.807) is 19.4 Å². The molecule has 1 N–H and O–H groups in total. The number of carboxylic acid groups (broad SMARTS) is 1. The molecule has 1 aromatic carbocycles. The second-order valence-electron chi connectivity index (χ2n) is 5.20. The van der Waals surface area contributed by atoms with Gasteiger partial charge in [0.05, 0.1) is 18.8 Å². The lowest BCUT2D eigenvalue weighted by molar-refractivity contribution is -0.143. The van der Waals surface area contributed by atoms with Crippen molar-refractivity contribution in [2.75, 3.05) is 7.11 Å². The third kappa shape index (κ3) is 1.76. The third-order valence-corrected chi connectivity index (χ3v) is 5.09. The number of furan rings is 1. The minimum Gasteiger partial charge on any atom is -0.493 e. The molecule has 0 amide bonds. The van der Waals surface area contributed by atoms with Crippen LogP contribution in [0.15, 0.2) is 27.3 Å². The molecule has 0 radical (unpaired) electrons. The number of halogens is 1. The third-order valence-electron chi connectivity index (χ3n) is 4.24. The lowest BCUT2D eigenvalue weighted by Crippen LogP contribution is -2.33. The molecule has 20 heavy (non-hydrogen) atoms. The average molecular weight is 339 g/mol. The monoisotopic (exact) mass is 338 g/mol. The molecule has 0 bridgehead atoms. The van der Waals surface area contributed by atoms with Crippen LogP contribution in [0.2, 0.25) is 0 Å². The standard InChI is InChI=1S/C15H15BrO4/c1-19-11-8-10(12(16)9-4-7-20-13(9)11)15(14(17)18)5-2-3-6-15/h4,7-8H,2-3,5-6H2,1H3,(H,17,18). The Labute approximate surface area is 124 Å². The number of hydrogen-bond acceptors (Lipinski definition) is 3. The zero-order valence-corrected chi connectivity index (χ0v) is 12.7. The summed E-state index contributed by atoms with van der Waals surface area (Å²) in [6, 6.07) is 3.63. The largest absolute Gasteiger partial charge is 0.493 e. The Morgan fingerprint density at radius 3 is 2.75 bits per heavy atom. The molecule has 0 unspecified atom stereocenters. The highest BCUT2D eigenvalue weighted by Gasteiger charge is 2.45. The summed E-state index contributed by atoms with van der Waals surface area (Å²) in [7, 11) is 1.57. The van der Waals surface area contributed by atoms with E-state index in [1.807, 2.05) is 6.07 Å². The topological polar surface area (TPSA) is 59.7 Å². The summed E-state index contributed by atoms with van der Waals surface area (Å²) in [6.45, 7) is 0. The average Bonchev–Trinajstić information content (AvgIpc) is 3.09. The molecule has 1 aliphatic carbocycles. The van der Waals surface area contributed by atoms with Gasteiger partial charge in [-0.15, -0.1) is 0 Å². The molecule has 0 aliphatic heterocycles. The highest BCUT2D eigenvalue weighted by Crippen LogP contribution is 2.48. The van der Waals surface area contributed by atoms with Crippen molar-refractivity contribution in [3.8, 4) is 5.75 Å². The number of ether oxygens (including phenoxy) is 1. The van der Waals surface area contributed by atoms with Gasteiger partial charge in [-0.25, -0.2) is 0 Å². The van der Waals surface area contributed by atoms with Crippen molar-refractivity contribution in [2.45, 2.75) is 31.1 Å². The van der Waals surface area contributed by atoms with E-state index in [4.69, 9.17) is 9.15 Å². The Morgan fingerprint density at radius 2 is 2.15 bits per heavy atom. The lowest BCUT2D eigenvalue weighted by Gasteiger charge is -2.26. The summed E-state index contributed by atoms with van der Waals surface area (Å²) in [6.07, 6.45) is 4.78. The van der Waals surface area contributed by atoms with Crippen LogP contribution >= 0.6 is 15.9 Å². The van der Waals surface area contributed by atoms with Crippen LogP contribution in [-0.4, -0.2) is 18.2 Å². The van der Waals surface area contributed by atoms with Crippen molar-refractivity contribution in [1.82, 2.24) is 0 Å². The van der Waals surface area contributed by atoms with Crippen LogP contribution in [0.3, 0.4) is 0 Å². The van der Waals surface area contributed by atoms with E-state index in [0.29, 0.717) is 24.2 Å². The van der Waals surface area contributed by atoms with Gasteiger partial charge in [0.1, 0.15) is 0 Å². The van der Waals surface area contributed by atoms with E-state index in [1.165, 1.54) is 0 Å². The minimum atomic E-state index is -0.822. The van der Waals surface area contributed by atoms with Gasteiger partial charge < -0.3 is 14.3 Å². The van der Waals surface area contributed by atoms with Gasteiger partial charge in [0.2, 0.25) is 0 Å². The zero-order chi connectivity index (χ0) is 14.3. The number of fused-ring (bicyclic) bond motifs is 1. The number of benzene rings is 1. The van der Waals surface area contributed by atoms with Gasteiger partial charge in [0, 0.05) is 9.86 Å². The number of hydrogen-bond donors (Lipinski definition) is 1. The smallest absolute Gasteiger partial charge is 0.314 e. The fourth-order valence-electron chi connectivity index (χ4n) is 3.15. The zero-order valence-electron chi connectivity index (χ0n) is 11.1. The van der Waals surface area contributed by atoms with Gasteiger partial charge in [-0.1, -0.05) is 12.8 Å². The molecule has 2 aromatic rings. The van der Waals surface area contributed by atoms with Crippen molar-refractivity contribution in [3.05, 3.63) is 28.4 Å². The number of methoxy groups -OCH3 is 1. The summed E-state index contributed by atoms with van der Waals surface area (Å²) in [4.78, 5) is 11.9. The Hall–Kier alpha value is -1.49. The first-order valence-corrected chi connectivity index (χ1v) is 7.37. The molecule has 1 aromatic heterocycles. The van der Waals surface area contributed by atoms with Gasteiger partial charge in [0.25, 0.3) is 0 Å². The molecule has 106 valence electrons. The number of rotatable bonds is 3. The molecular formula is C15H15BrO4. The summed E-state index contributed by atoms with van der Waals surface area (Å²) >= 11 is 3.56. The first-order valence-electron chi connectivity index (χ1n) is 6.58. The molecule has 0 spiro atoms. The second kappa shape index (κ2) is 4.81. The predicted molar refractivity (Wildman–Crippen MR) is 78.2 cm³/mol. The maximum Gasteiger partial charge on any atom is 0.314 e. The molecule has 5 heteroatoms. The van der Waals surface area contributed by atoms with E-state index in [2.05, 4.69) is 15.9 Å². The van der Waals surface area contributed by atoms with Crippen LogP contribution in [-0.2, 0) is 10.2 Å². The van der Waals surface area contributed by atoms with Crippen molar-refractivity contribution in [3.63, 3.8) is 0 Å². The Kier molecular flexibility index (Phi) is 3.24. The van der Waals surface area contributed by atoms with Gasteiger partial charge in [-0.05, 0) is 46.5 Å². The van der Waals surface area contributed by atoms with E-state index < -0.39 is 11.4 Å². The Morgan fingerprint density at radius 1 is 1.45 bits per heavy atom. The minimum absolute atomic E-state index is 0.579. The normalized spacial score (nSPS) is 17.5. The quantitative estimate of drug-likeness (QED) is 0.915. The predicted octanol–water partition coefficient (Wildman–Crippen LogP) is 4.10. The van der Waals surface area contributed by atoms with E-state index >= 15 is 0 Å². The van der Waals surface area contributed by atoms with Crippen molar-refractivity contribution in [2.24, 2.45) is 0 Å². The van der Waals surface area contributed by atoms with Crippen LogP contribution in [0.25, 0.3) is 11.0 Å². The van der Waals surface area contributed by atoms with E-state index in [9.17, 15) is 9.90 Å². The first-order chi connectivity index (χ1) is 9.60. The molecule has 1 heterocycles. The van der Waals surface area contributed by atoms with Gasteiger partial charge in [-0.2, -0.15) is 0 Å². The van der Waals surface area contributed by atoms with Crippen LogP contribution in [0.1, 0.15) is 31.2 Å². The first kappa shape index (κ1) is 13.5. The number of aliphatic carboxylic acids is 1. The lowest BCUT2D eigenvalue weighted by atomic mass is 9.78. The SMILES string of the molecule is COc1cc(C2(C(=O)O)CCCC2)c(Br)c2ccoc12. The van der Waals surface area contributed by atoms with Gasteiger partial charge >= 0.3 is 5.97 Å².